The molecule has 0 bridgehead atoms. The number of carbonyl (C=O) groups is 1. The maximum atomic E-state index is 12.3. The monoisotopic (exact) mass is 326 g/mol. The van der Waals surface area contributed by atoms with Crippen LogP contribution < -0.4 is 15.4 Å². The third-order valence-electron chi connectivity index (χ3n) is 3.96. The molecule has 24 heavy (non-hydrogen) atoms. The van der Waals surface area contributed by atoms with Crippen molar-refractivity contribution in [1.82, 2.24) is 5.32 Å². The second-order valence-electron chi connectivity index (χ2n) is 6.03. The summed E-state index contributed by atoms with van der Waals surface area (Å²) in [4.78, 5) is 12.3. The van der Waals surface area contributed by atoms with Gasteiger partial charge >= 0.3 is 0 Å². The smallest absolute Gasteiger partial charge is 0.242 e. The van der Waals surface area contributed by atoms with E-state index in [1.807, 2.05) is 56.3 Å². The molecule has 0 aliphatic carbocycles. The number of carbonyl (C=O) groups excluding carboxylic acids is 1. The van der Waals surface area contributed by atoms with Crippen LogP contribution in [-0.2, 0) is 11.2 Å². The molecule has 0 radical (unpaired) electrons. The van der Waals surface area contributed by atoms with Gasteiger partial charge in [-0.15, -0.1) is 0 Å². The van der Waals surface area contributed by atoms with Crippen molar-refractivity contribution in [3.05, 3.63) is 60.2 Å². The number of ether oxygens (including phenoxy) is 1. The zero-order chi connectivity index (χ0) is 17.4. The molecule has 2 rings (SSSR count). The van der Waals surface area contributed by atoms with E-state index in [2.05, 4.69) is 22.8 Å². The van der Waals surface area contributed by atoms with Crippen molar-refractivity contribution in [2.24, 2.45) is 0 Å². The van der Waals surface area contributed by atoms with E-state index in [4.69, 9.17) is 4.74 Å². The van der Waals surface area contributed by atoms with Crippen LogP contribution in [0.2, 0.25) is 0 Å². The minimum absolute atomic E-state index is 0.00591. The Labute approximate surface area is 144 Å². The fraction of sp³-hybridized carbons (Fsp3) is 0.350. The number of benzene rings is 2. The van der Waals surface area contributed by atoms with Gasteiger partial charge in [0.2, 0.25) is 5.91 Å². The van der Waals surface area contributed by atoms with Gasteiger partial charge in [-0.05, 0) is 56.5 Å². The highest BCUT2D eigenvalue weighted by molar-refractivity contribution is 5.84. The van der Waals surface area contributed by atoms with Crippen molar-refractivity contribution in [2.45, 2.75) is 38.8 Å². The molecule has 128 valence electrons. The lowest BCUT2D eigenvalue weighted by Crippen LogP contribution is -2.42. The van der Waals surface area contributed by atoms with Crippen LogP contribution in [0.3, 0.4) is 0 Å². The van der Waals surface area contributed by atoms with Gasteiger partial charge in [-0.2, -0.15) is 0 Å². The first kappa shape index (κ1) is 17.9. The maximum absolute atomic E-state index is 12.3. The standard InChI is InChI=1S/C20H26N2O2/c1-15(9-10-17-7-5-4-6-8-17)21-20(23)16(2)22-18-11-13-19(24-3)14-12-18/h4-8,11-16,22H,9-10H2,1-3H3,(H,21,23)/t15-,16+/m1/s1. The van der Waals surface area contributed by atoms with E-state index in [0.29, 0.717) is 0 Å². The number of hydrogen-bond acceptors (Lipinski definition) is 3. The third kappa shape index (κ3) is 5.61. The minimum atomic E-state index is -0.294. The summed E-state index contributed by atoms with van der Waals surface area (Å²) in [6.45, 7) is 3.91. The molecule has 0 spiro atoms. The lowest BCUT2D eigenvalue weighted by molar-refractivity contribution is -0.122. The third-order valence-corrected chi connectivity index (χ3v) is 3.96. The van der Waals surface area contributed by atoms with Gasteiger partial charge in [-0.1, -0.05) is 30.3 Å². The molecule has 2 N–H and O–H groups in total. The summed E-state index contributed by atoms with van der Waals surface area (Å²) in [5, 5.41) is 6.27. The van der Waals surface area contributed by atoms with Crippen molar-refractivity contribution in [2.75, 3.05) is 12.4 Å². The van der Waals surface area contributed by atoms with E-state index < -0.39 is 0 Å². The summed E-state index contributed by atoms with van der Waals surface area (Å²) in [6.07, 6.45) is 1.88. The highest BCUT2D eigenvalue weighted by atomic mass is 16.5. The van der Waals surface area contributed by atoms with Gasteiger partial charge in [-0.25, -0.2) is 0 Å². The summed E-state index contributed by atoms with van der Waals surface area (Å²) >= 11 is 0. The number of rotatable bonds is 8. The molecule has 0 aliphatic rings. The van der Waals surface area contributed by atoms with Gasteiger partial charge in [0, 0.05) is 11.7 Å². The summed E-state index contributed by atoms with van der Waals surface area (Å²) < 4.78 is 5.13. The zero-order valence-corrected chi connectivity index (χ0v) is 14.6. The maximum Gasteiger partial charge on any atom is 0.242 e. The van der Waals surface area contributed by atoms with Gasteiger partial charge in [-0.3, -0.25) is 4.79 Å². The first-order chi connectivity index (χ1) is 11.6. The van der Waals surface area contributed by atoms with Crippen LogP contribution in [0.4, 0.5) is 5.69 Å². The van der Waals surface area contributed by atoms with Crippen molar-refractivity contribution in [3.63, 3.8) is 0 Å². The SMILES string of the molecule is COc1ccc(N[C@@H](C)C(=O)N[C@H](C)CCc2ccccc2)cc1. The van der Waals surface area contributed by atoms with Crippen LogP contribution in [-0.4, -0.2) is 25.1 Å². The lowest BCUT2D eigenvalue weighted by atomic mass is 10.1. The van der Waals surface area contributed by atoms with E-state index in [-0.39, 0.29) is 18.0 Å². The molecule has 0 fully saturated rings. The molecule has 1 amide bonds. The van der Waals surface area contributed by atoms with Crippen molar-refractivity contribution >= 4 is 11.6 Å². The van der Waals surface area contributed by atoms with Crippen molar-refractivity contribution in [3.8, 4) is 5.75 Å². The van der Waals surface area contributed by atoms with Gasteiger partial charge < -0.3 is 15.4 Å². The number of aryl methyl sites for hydroxylation is 1. The largest absolute Gasteiger partial charge is 0.497 e. The molecule has 0 saturated heterocycles. The Hall–Kier alpha value is -2.49. The molecule has 0 saturated carbocycles. The normalized spacial score (nSPS) is 13.0. The number of amides is 1. The van der Waals surface area contributed by atoms with E-state index >= 15 is 0 Å². The van der Waals surface area contributed by atoms with E-state index in [9.17, 15) is 4.79 Å². The summed E-state index contributed by atoms with van der Waals surface area (Å²) in [7, 11) is 1.63. The minimum Gasteiger partial charge on any atom is -0.497 e. The molecule has 4 nitrogen and oxygen atoms in total. The first-order valence-electron chi connectivity index (χ1n) is 8.33. The van der Waals surface area contributed by atoms with Gasteiger partial charge in [0.25, 0.3) is 0 Å². The summed E-state index contributed by atoms with van der Waals surface area (Å²) in [6, 6.07) is 17.7. The predicted molar refractivity (Wildman–Crippen MR) is 98.4 cm³/mol. The quantitative estimate of drug-likeness (QED) is 0.779. The first-order valence-corrected chi connectivity index (χ1v) is 8.33. The van der Waals surface area contributed by atoms with Gasteiger partial charge in [0.1, 0.15) is 11.8 Å². The Morgan fingerprint density at radius 1 is 1.04 bits per heavy atom. The summed E-state index contributed by atoms with van der Waals surface area (Å²) in [5.74, 6) is 0.804. The molecule has 2 atom stereocenters. The van der Waals surface area contributed by atoms with Gasteiger partial charge in [0.15, 0.2) is 0 Å². The molecule has 2 aromatic rings. The molecule has 0 unspecified atom stereocenters. The van der Waals surface area contributed by atoms with Crippen LogP contribution in [0.15, 0.2) is 54.6 Å². The topological polar surface area (TPSA) is 50.4 Å². The highest BCUT2D eigenvalue weighted by Crippen LogP contribution is 2.15. The molecule has 0 aliphatic heterocycles. The number of hydrogen-bond donors (Lipinski definition) is 2. The fourth-order valence-corrected chi connectivity index (χ4v) is 2.47. The number of anilines is 1. The van der Waals surface area contributed by atoms with Crippen LogP contribution in [0, 0.1) is 0 Å². The Morgan fingerprint density at radius 2 is 1.71 bits per heavy atom. The molecule has 4 heteroatoms. The molecule has 2 aromatic carbocycles. The van der Waals surface area contributed by atoms with E-state index in [1.165, 1.54) is 5.56 Å². The van der Waals surface area contributed by atoms with E-state index in [0.717, 1.165) is 24.3 Å². The van der Waals surface area contributed by atoms with Crippen LogP contribution in [0.25, 0.3) is 0 Å². The van der Waals surface area contributed by atoms with Crippen LogP contribution in [0.1, 0.15) is 25.8 Å². The van der Waals surface area contributed by atoms with Gasteiger partial charge in [0.05, 0.1) is 7.11 Å². The van der Waals surface area contributed by atoms with Crippen LogP contribution >= 0.6 is 0 Å². The lowest BCUT2D eigenvalue weighted by Gasteiger charge is -2.19. The molecular formula is C20H26N2O2. The molecule has 0 aromatic heterocycles. The zero-order valence-electron chi connectivity index (χ0n) is 14.6. The second-order valence-corrected chi connectivity index (χ2v) is 6.03. The van der Waals surface area contributed by atoms with Crippen LogP contribution in [0.5, 0.6) is 5.75 Å². The van der Waals surface area contributed by atoms with Crippen molar-refractivity contribution in [1.29, 1.82) is 0 Å². The van der Waals surface area contributed by atoms with E-state index in [1.54, 1.807) is 7.11 Å². The predicted octanol–water partition coefficient (Wildman–Crippen LogP) is 3.63. The number of methoxy groups -OCH3 is 1. The Bertz CT molecular complexity index is 626. The average molecular weight is 326 g/mol. The molecular weight excluding hydrogens is 300 g/mol. The Kier molecular flexibility index (Phi) is 6.67. The Balaban J connectivity index is 1.77. The molecule has 0 heterocycles. The second kappa shape index (κ2) is 8.96. The number of nitrogens with one attached hydrogen (secondary N) is 2. The summed E-state index contributed by atoms with van der Waals surface area (Å²) in [5.41, 5.74) is 2.19. The highest BCUT2D eigenvalue weighted by Gasteiger charge is 2.15. The average Bonchev–Trinajstić information content (AvgIpc) is 2.61. The Morgan fingerprint density at radius 3 is 2.33 bits per heavy atom. The fourth-order valence-electron chi connectivity index (χ4n) is 2.47. The van der Waals surface area contributed by atoms with Crippen molar-refractivity contribution < 1.29 is 9.53 Å².